The van der Waals surface area contributed by atoms with E-state index in [1.807, 2.05) is 18.2 Å². The van der Waals surface area contributed by atoms with Gasteiger partial charge in [0.1, 0.15) is 0 Å². The van der Waals surface area contributed by atoms with Gasteiger partial charge in [0.15, 0.2) is 0 Å². The lowest BCUT2D eigenvalue weighted by Crippen LogP contribution is -2.10. The monoisotopic (exact) mass is 254 g/mol. The minimum atomic E-state index is -0.394. The molecular weight excluding hydrogens is 236 g/mol. The van der Waals surface area contributed by atoms with Gasteiger partial charge >= 0.3 is 0 Å². The van der Waals surface area contributed by atoms with Crippen LogP contribution in [0.1, 0.15) is 27.0 Å². The zero-order valence-corrected chi connectivity index (χ0v) is 11.2. The second-order valence-electron chi connectivity index (χ2n) is 4.66. The van der Waals surface area contributed by atoms with Crippen molar-refractivity contribution in [3.8, 4) is 0 Å². The van der Waals surface area contributed by atoms with E-state index in [4.69, 9.17) is 5.73 Å². The first-order valence-corrected chi connectivity index (χ1v) is 6.27. The van der Waals surface area contributed by atoms with Crippen molar-refractivity contribution in [2.75, 3.05) is 5.32 Å². The van der Waals surface area contributed by atoms with Crippen LogP contribution in [0.4, 0.5) is 5.69 Å². The number of rotatable bonds is 4. The number of hydrogen-bond acceptors (Lipinski definition) is 2. The highest BCUT2D eigenvalue weighted by molar-refractivity contribution is 5.92. The molecule has 98 valence electrons. The summed E-state index contributed by atoms with van der Waals surface area (Å²) >= 11 is 0. The Morgan fingerprint density at radius 2 is 1.79 bits per heavy atom. The lowest BCUT2D eigenvalue weighted by atomic mass is 10.1. The van der Waals surface area contributed by atoms with Gasteiger partial charge in [-0.2, -0.15) is 0 Å². The molecule has 2 aromatic carbocycles. The highest BCUT2D eigenvalue weighted by Gasteiger charge is 2.02. The Kier molecular flexibility index (Phi) is 3.85. The fourth-order valence-corrected chi connectivity index (χ4v) is 1.93. The Balaban J connectivity index is 2.06. The zero-order valence-electron chi connectivity index (χ0n) is 11.2. The fourth-order valence-electron chi connectivity index (χ4n) is 1.93. The Bertz CT molecular complexity index is 588. The first-order chi connectivity index (χ1) is 9.08. The van der Waals surface area contributed by atoms with Crippen molar-refractivity contribution in [1.29, 1.82) is 0 Å². The van der Waals surface area contributed by atoms with Crippen LogP contribution in [-0.2, 0) is 6.54 Å². The second kappa shape index (κ2) is 5.57. The molecule has 0 aliphatic heterocycles. The molecule has 3 nitrogen and oxygen atoms in total. The van der Waals surface area contributed by atoms with Crippen molar-refractivity contribution < 1.29 is 4.79 Å². The van der Waals surface area contributed by atoms with Crippen LogP contribution >= 0.6 is 0 Å². The van der Waals surface area contributed by atoms with Gasteiger partial charge in [0, 0.05) is 17.8 Å². The number of anilines is 1. The predicted octanol–water partition coefficient (Wildman–Crippen LogP) is 3.01. The maximum absolute atomic E-state index is 11.0. The number of carbonyl (C=O) groups excluding carboxylic acids is 1. The molecule has 0 aliphatic rings. The van der Waals surface area contributed by atoms with E-state index < -0.39 is 5.91 Å². The van der Waals surface area contributed by atoms with Gasteiger partial charge in [-0.05, 0) is 48.7 Å². The molecule has 3 N–H and O–H groups in total. The molecule has 0 saturated heterocycles. The van der Waals surface area contributed by atoms with E-state index in [0.29, 0.717) is 5.56 Å². The van der Waals surface area contributed by atoms with Crippen LogP contribution in [0.3, 0.4) is 0 Å². The predicted molar refractivity (Wildman–Crippen MR) is 78.2 cm³/mol. The molecule has 3 heteroatoms. The molecule has 2 aromatic rings. The maximum Gasteiger partial charge on any atom is 0.248 e. The van der Waals surface area contributed by atoms with E-state index in [0.717, 1.165) is 17.8 Å². The van der Waals surface area contributed by atoms with Gasteiger partial charge in [0.2, 0.25) is 5.91 Å². The van der Waals surface area contributed by atoms with Crippen molar-refractivity contribution in [1.82, 2.24) is 0 Å². The molecule has 19 heavy (non-hydrogen) atoms. The summed E-state index contributed by atoms with van der Waals surface area (Å²) in [5.74, 6) is -0.394. The normalized spacial score (nSPS) is 10.2. The first kappa shape index (κ1) is 13.1. The van der Waals surface area contributed by atoms with E-state index >= 15 is 0 Å². The summed E-state index contributed by atoms with van der Waals surface area (Å²) in [5, 5.41) is 3.40. The molecule has 0 unspecified atom stereocenters. The lowest BCUT2D eigenvalue weighted by molar-refractivity contribution is 0.100. The first-order valence-electron chi connectivity index (χ1n) is 6.27. The van der Waals surface area contributed by atoms with Crippen molar-refractivity contribution >= 4 is 11.6 Å². The smallest absolute Gasteiger partial charge is 0.248 e. The summed E-state index contributed by atoms with van der Waals surface area (Å²) < 4.78 is 0. The van der Waals surface area contributed by atoms with E-state index in [1.165, 1.54) is 11.1 Å². The molecule has 0 spiro atoms. The number of benzene rings is 2. The number of hydrogen-bond donors (Lipinski definition) is 2. The van der Waals surface area contributed by atoms with Crippen molar-refractivity contribution in [2.24, 2.45) is 5.73 Å². The van der Waals surface area contributed by atoms with Crippen molar-refractivity contribution in [3.05, 3.63) is 64.7 Å². The van der Waals surface area contributed by atoms with Crippen LogP contribution in [0.25, 0.3) is 0 Å². The Hall–Kier alpha value is -2.29. The third-order valence-corrected chi connectivity index (χ3v) is 3.33. The van der Waals surface area contributed by atoms with Gasteiger partial charge in [-0.1, -0.05) is 24.3 Å². The summed E-state index contributed by atoms with van der Waals surface area (Å²) in [7, 11) is 0. The number of aryl methyl sites for hydroxylation is 1. The third-order valence-electron chi connectivity index (χ3n) is 3.33. The van der Waals surface area contributed by atoms with Crippen molar-refractivity contribution in [3.63, 3.8) is 0 Å². The zero-order chi connectivity index (χ0) is 13.8. The molecule has 0 heterocycles. The number of carbonyl (C=O) groups is 1. The van der Waals surface area contributed by atoms with Crippen LogP contribution in [0.15, 0.2) is 42.5 Å². The Labute approximate surface area is 113 Å². The molecule has 0 atom stereocenters. The maximum atomic E-state index is 11.0. The van der Waals surface area contributed by atoms with E-state index in [2.05, 4.69) is 31.3 Å². The molecule has 0 saturated carbocycles. The van der Waals surface area contributed by atoms with Gasteiger partial charge in [0.05, 0.1) is 0 Å². The third kappa shape index (κ3) is 3.13. The summed E-state index contributed by atoms with van der Waals surface area (Å²) in [6, 6.07) is 13.5. The van der Waals surface area contributed by atoms with Gasteiger partial charge in [-0.25, -0.2) is 0 Å². The van der Waals surface area contributed by atoms with Gasteiger partial charge in [-0.3, -0.25) is 4.79 Å². The second-order valence-corrected chi connectivity index (χ2v) is 4.66. The van der Waals surface area contributed by atoms with E-state index in [-0.39, 0.29) is 0 Å². The SMILES string of the molecule is Cc1cccc(NCc2ccc(C(N)=O)cc2)c1C. The van der Waals surface area contributed by atoms with Crippen LogP contribution < -0.4 is 11.1 Å². The lowest BCUT2D eigenvalue weighted by Gasteiger charge is -2.11. The minimum Gasteiger partial charge on any atom is -0.381 e. The standard InChI is InChI=1S/C16H18N2O/c1-11-4-3-5-15(12(11)2)18-10-13-6-8-14(9-7-13)16(17)19/h3-9,18H,10H2,1-2H3,(H2,17,19). The van der Waals surface area contributed by atoms with E-state index in [1.54, 1.807) is 12.1 Å². The highest BCUT2D eigenvalue weighted by atomic mass is 16.1. The van der Waals surface area contributed by atoms with Gasteiger partial charge in [-0.15, -0.1) is 0 Å². The van der Waals surface area contributed by atoms with Crippen LogP contribution in [0.2, 0.25) is 0 Å². The van der Waals surface area contributed by atoms with E-state index in [9.17, 15) is 4.79 Å². The number of nitrogens with two attached hydrogens (primary N) is 1. The number of nitrogens with one attached hydrogen (secondary N) is 1. The largest absolute Gasteiger partial charge is 0.381 e. The molecular formula is C16H18N2O. The molecule has 1 amide bonds. The average Bonchev–Trinajstić information content (AvgIpc) is 2.41. The van der Waals surface area contributed by atoms with Gasteiger partial charge < -0.3 is 11.1 Å². The summed E-state index contributed by atoms with van der Waals surface area (Å²) in [4.78, 5) is 11.0. The Morgan fingerprint density at radius 3 is 2.42 bits per heavy atom. The Morgan fingerprint density at radius 1 is 1.11 bits per heavy atom. The average molecular weight is 254 g/mol. The highest BCUT2D eigenvalue weighted by Crippen LogP contribution is 2.18. The molecule has 2 rings (SSSR count). The number of primary amides is 1. The molecule has 0 aliphatic carbocycles. The minimum absolute atomic E-state index is 0.394. The fraction of sp³-hybridized carbons (Fsp3) is 0.188. The van der Waals surface area contributed by atoms with Crippen molar-refractivity contribution in [2.45, 2.75) is 20.4 Å². The van der Waals surface area contributed by atoms with Crippen LogP contribution in [0.5, 0.6) is 0 Å². The summed E-state index contributed by atoms with van der Waals surface area (Å²) in [6.45, 7) is 4.93. The molecule has 0 aromatic heterocycles. The molecule has 0 radical (unpaired) electrons. The number of amides is 1. The van der Waals surface area contributed by atoms with Crippen LogP contribution in [0, 0.1) is 13.8 Å². The topological polar surface area (TPSA) is 55.1 Å². The summed E-state index contributed by atoms with van der Waals surface area (Å²) in [5.41, 5.74) is 10.5. The van der Waals surface area contributed by atoms with Gasteiger partial charge in [0.25, 0.3) is 0 Å². The molecule has 0 fully saturated rings. The molecule has 0 bridgehead atoms. The quantitative estimate of drug-likeness (QED) is 0.881. The van der Waals surface area contributed by atoms with Crippen LogP contribution in [-0.4, -0.2) is 5.91 Å². The summed E-state index contributed by atoms with van der Waals surface area (Å²) in [6.07, 6.45) is 0.